The Morgan fingerprint density at radius 1 is 0.958 bits per heavy atom. The Kier molecular flexibility index (Phi) is 10.5. The van der Waals surface area contributed by atoms with E-state index in [2.05, 4.69) is 30.1 Å². The minimum absolute atomic E-state index is 0.259. The van der Waals surface area contributed by atoms with Crippen LogP contribution in [0.1, 0.15) is 56.2 Å². The van der Waals surface area contributed by atoms with Crippen LogP contribution in [0.15, 0.2) is 48.7 Å². The summed E-state index contributed by atoms with van der Waals surface area (Å²) in [6.07, 6.45) is -5.26. The minimum Gasteiger partial charge on any atom is -0.480 e. The van der Waals surface area contributed by atoms with Crippen molar-refractivity contribution in [2.24, 2.45) is 10.8 Å². The second-order valence-corrected chi connectivity index (χ2v) is 14.1. The van der Waals surface area contributed by atoms with E-state index in [1.54, 1.807) is 12.1 Å². The number of fused-ring (bicyclic) bond motifs is 1. The number of hydrogen-bond acceptors (Lipinski definition) is 5. The number of pyridine rings is 1. The maximum Gasteiger partial charge on any atom is 0.403 e. The number of likely N-dealkylation sites (tertiary alicyclic amines) is 2. The number of rotatable bonds is 10. The van der Waals surface area contributed by atoms with Crippen LogP contribution >= 0.6 is 0 Å². The highest BCUT2D eigenvalue weighted by atomic mass is 19.4. The van der Waals surface area contributed by atoms with Gasteiger partial charge in [0.2, 0.25) is 5.91 Å². The first kappa shape index (κ1) is 35.7. The Balaban J connectivity index is 1.36. The van der Waals surface area contributed by atoms with Crippen LogP contribution in [-0.4, -0.2) is 83.1 Å². The molecule has 3 heterocycles. The van der Waals surface area contributed by atoms with Crippen LogP contribution in [-0.2, 0) is 22.6 Å². The van der Waals surface area contributed by atoms with E-state index in [1.165, 1.54) is 4.90 Å². The molecule has 2 fully saturated rings. The van der Waals surface area contributed by atoms with Gasteiger partial charge < -0.3 is 10.4 Å². The number of piperidine rings is 2. The number of nitrogens with zero attached hydrogens (tertiary/aromatic N) is 3. The summed E-state index contributed by atoms with van der Waals surface area (Å²) in [7, 11) is 0. The van der Waals surface area contributed by atoms with Crippen molar-refractivity contribution in [2.45, 2.75) is 78.1 Å². The van der Waals surface area contributed by atoms with E-state index in [4.69, 9.17) is 4.98 Å². The number of carbonyl (C=O) groups is 2. The topological polar surface area (TPSA) is 85.8 Å². The molecule has 7 nitrogen and oxygen atoms in total. The number of nitrogens with one attached hydrogen (secondary N) is 1. The third-order valence-corrected chi connectivity index (χ3v) is 10.1. The third kappa shape index (κ3) is 7.80. The lowest BCUT2D eigenvalue weighted by atomic mass is 9.76. The van der Waals surface area contributed by atoms with E-state index in [0.29, 0.717) is 16.4 Å². The maximum atomic E-state index is 14.3. The van der Waals surface area contributed by atoms with Crippen molar-refractivity contribution in [1.82, 2.24) is 20.1 Å². The highest BCUT2D eigenvalue weighted by Crippen LogP contribution is 2.47. The van der Waals surface area contributed by atoms with E-state index in [-0.39, 0.29) is 19.5 Å². The van der Waals surface area contributed by atoms with Gasteiger partial charge in [-0.05, 0) is 91.7 Å². The number of aryl methyl sites for hydroxylation is 1. The number of carboxylic acids is 1. The fourth-order valence-corrected chi connectivity index (χ4v) is 7.00. The number of carboxylic acid groups (broad SMARTS) is 1. The van der Waals surface area contributed by atoms with Crippen LogP contribution in [0.3, 0.4) is 0 Å². The summed E-state index contributed by atoms with van der Waals surface area (Å²) in [6, 6.07) is 11.4. The van der Waals surface area contributed by atoms with Crippen molar-refractivity contribution in [2.75, 3.05) is 32.7 Å². The zero-order chi connectivity index (χ0) is 34.9. The van der Waals surface area contributed by atoms with E-state index < -0.39 is 55.3 Å². The van der Waals surface area contributed by atoms with Crippen LogP contribution < -0.4 is 5.32 Å². The van der Waals surface area contributed by atoms with Crippen LogP contribution in [0, 0.1) is 17.8 Å². The van der Waals surface area contributed by atoms with Gasteiger partial charge in [0, 0.05) is 24.7 Å². The van der Waals surface area contributed by atoms with Gasteiger partial charge in [0.15, 0.2) is 0 Å². The van der Waals surface area contributed by atoms with Crippen LogP contribution in [0.4, 0.5) is 22.0 Å². The fourth-order valence-electron chi connectivity index (χ4n) is 7.00. The molecule has 260 valence electrons. The normalized spacial score (nSPS) is 19.4. The van der Waals surface area contributed by atoms with E-state index in [9.17, 15) is 36.6 Å². The number of hydrogen-bond donors (Lipinski definition) is 2. The molecule has 12 heteroatoms. The standard InChI is InChI=1S/C36H43F5N4O3/c1-23-18-24(21-44-14-10-34(2,3)11-15-44)20-42-31(23)28-9-5-7-26-25(6-4-8-27(26)28)19-29(32(46)47)43-33(48)35(36(39,40)41)12-16-45(17-13-35)22-30(37)38/h4-9,18,20,29-30H,10-17,19,21-22H2,1-3H3,(H,43,48)(H,46,47)/t29-/m0/s1. The largest absolute Gasteiger partial charge is 0.480 e. The van der Waals surface area contributed by atoms with Gasteiger partial charge in [-0.25, -0.2) is 13.6 Å². The number of carbonyl (C=O) groups excluding carboxylic acids is 1. The number of benzene rings is 2. The molecule has 0 aliphatic carbocycles. The molecule has 0 unspecified atom stereocenters. The monoisotopic (exact) mass is 674 g/mol. The Morgan fingerprint density at radius 3 is 2.19 bits per heavy atom. The van der Waals surface area contributed by atoms with Gasteiger partial charge in [-0.1, -0.05) is 56.3 Å². The molecule has 2 saturated heterocycles. The Morgan fingerprint density at radius 2 is 1.58 bits per heavy atom. The Labute approximate surface area is 277 Å². The van der Waals surface area contributed by atoms with Gasteiger partial charge >= 0.3 is 12.1 Å². The lowest BCUT2D eigenvalue weighted by Gasteiger charge is -2.41. The third-order valence-electron chi connectivity index (χ3n) is 10.1. The molecule has 1 aromatic heterocycles. The number of amides is 1. The lowest BCUT2D eigenvalue weighted by molar-refractivity contribution is -0.233. The first-order valence-electron chi connectivity index (χ1n) is 16.4. The van der Waals surface area contributed by atoms with Gasteiger partial charge in [-0.2, -0.15) is 13.2 Å². The average Bonchev–Trinajstić information content (AvgIpc) is 3.01. The molecular formula is C36H43F5N4O3. The number of alkyl halides is 5. The number of aromatic nitrogens is 1. The van der Waals surface area contributed by atoms with Crippen LogP contribution in [0.25, 0.3) is 22.0 Å². The predicted molar refractivity (Wildman–Crippen MR) is 174 cm³/mol. The zero-order valence-electron chi connectivity index (χ0n) is 27.5. The molecular weight excluding hydrogens is 631 g/mol. The summed E-state index contributed by atoms with van der Waals surface area (Å²) in [6.45, 7) is 8.09. The molecule has 2 N–H and O–H groups in total. The predicted octanol–water partition coefficient (Wildman–Crippen LogP) is 6.85. The minimum atomic E-state index is -4.99. The molecule has 0 bridgehead atoms. The lowest BCUT2D eigenvalue weighted by Crippen LogP contribution is -2.59. The van der Waals surface area contributed by atoms with E-state index in [0.717, 1.165) is 60.2 Å². The number of halogens is 5. The zero-order valence-corrected chi connectivity index (χ0v) is 27.5. The summed E-state index contributed by atoms with van der Waals surface area (Å²) < 4.78 is 68.7. The van der Waals surface area contributed by atoms with Gasteiger partial charge in [0.25, 0.3) is 6.43 Å². The quantitative estimate of drug-likeness (QED) is 0.229. The summed E-state index contributed by atoms with van der Waals surface area (Å²) in [4.78, 5) is 34.0. The smallest absolute Gasteiger partial charge is 0.403 e. The molecule has 0 saturated carbocycles. The summed E-state index contributed by atoms with van der Waals surface area (Å²) in [5.74, 6) is -2.93. The first-order valence-corrected chi connectivity index (χ1v) is 16.4. The molecule has 2 aromatic carbocycles. The highest BCUT2D eigenvalue weighted by Gasteiger charge is 2.61. The second kappa shape index (κ2) is 14.1. The van der Waals surface area contributed by atoms with Crippen molar-refractivity contribution in [1.29, 1.82) is 0 Å². The molecule has 1 amide bonds. The molecule has 1 atom stereocenters. The highest BCUT2D eigenvalue weighted by molar-refractivity contribution is 5.98. The molecule has 0 spiro atoms. The van der Waals surface area contributed by atoms with Crippen LogP contribution in [0.5, 0.6) is 0 Å². The van der Waals surface area contributed by atoms with Crippen molar-refractivity contribution < 1.29 is 36.6 Å². The van der Waals surface area contributed by atoms with E-state index >= 15 is 0 Å². The average molecular weight is 675 g/mol. The van der Waals surface area contributed by atoms with Gasteiger partial charge in [0.1, 0.15) is 11.5 Å². The Bertz CT molecular complexity index is 1630. The summed E-state index contributed by atoms with van der Waals surface area (Å²) in [5, 5.41) is 13.7. The van der Waals surface area contributed by atoms with Crippen molar-refractivity contribution in [3.63, 3.8) is 0 Å². The maximum absolute atomic E-state index is 14.3. The fraction of sp³-hybridized carbons (Fsp3) is 0.528. The molecule has 5 rings (SSSR count). The summed E-state index contributed by atoms with van der Waals surface area (Å²) in [5.41, 5.74) is 1.74. The molecule has 2 aliphatic heterocycles. The molecule has 3 aromatic rings. The van der Waals surface area contributed by atoms with Crippen molar-refractivity contribution in [3.8, 4) is 11.3 Å². The molecule has 0 radical (unpaired) electrons. The Hall–Kier alpha value is -3.64. The second-order valence-electron chi connectivity index (χ2n) is 14.1. The van der Waals surface area contributed by atoms with Gasteiger partial charge in [-0.15, -0.1) is 0 Å². The van der Waals surface area contributed by atoms with Crippen LogP contribution in [0.2, 0.25) is 0 Å². The van der Waals surface area contributed by atoms with E-state index in [1.807, 2.05) is 37.4 Å². The summed E-state index contributed by atoms with van der Waals surface area (Å²) >= 11 is 0. The SMILES string of the molecule is Cc1cc(CN2CCC(C)(C)CC2)cnc1-c1cccc2c(C[C@H](NC(=O)C3(C(F)(F)F)CCN(CC(F)F)CC3)C(=O)O)cccc12. The van der Waals surface area contributed by atoms with Crippen molar-refractivity contribution >= 4 is 22.6 Å². The number of aliphatic carboxylic acids is 1. The van der Waals surface area contributed by atoms with Gasteiger partial charge in [-0.3, -0.25) is 19.6 Å². The van der Waals surface area contributed by atoms with Crippen molar-refractivity contribution in [3.05, 3.63) is 65.4 Å². The first-order chi connectivity index (χ1) is 22.6. The molecule has 2 aliphatic rings. The van der Waals surface area contributed by atoms with Gasteiger partial charge in [0.05, 0.1) is 12.2 Å². The molecule has 48 heavy (non-hydrogen) atoms.